The number of rotatable bonds is 10. The number of carbonyl (C=O) groups excluding carboxylic acids is 2. The van der Waals surface area contributed by atoms with Crippen molar-refractivity contribution in [3.63, 3.8) is 0 Å². The average Bonchev–Trinajstić information content (AvgIpc) is 2.62. The van der Waals surface area contributed by atoms with Crippen molar-refractivity contribution in [1.82, 2.24) is 5.32 Å². The third kappa shape index (κ3) is 6.08. The van der Waals surface area contributed by atoms with Crippen molar-refractivity contribution in [2.45, 2.75) is 64.2 Å². The van der Waals surface area contributed by atoms with Gasteiger partial charge in [0.25, 0.3) is 0 Å². The average molecular weight is 331 g/mol. The summed E-state index contributed by atoms with van der Waals surface area (Å²) in [6.45, 7) is 0.883. The summed E-state index contributed by atoms with van der Waals surface area (Å²) in [4.78, 5) is 24.1. The summed E-state index contributed by atoms with van der Waals surface area (Å²) in [5.74, 6) is 0.00457. The second-order valence-electron chi connectivity index (χ2n) is 6.60. The van der Waals surface area contributed by atoms with Crippen LogP contribution in [0.25, 0.3) is 0 Å². The molecule has 0 heterocycles. The van der Waals surface area contributed by atoms with Crippen molar-refractivity contribution < 1.29 is 14.7 Å². The van der Waals surface area contributed by atoms with Crippen molar-refractivity contribution in [3.05, 3.63) is 34.9 Å². The topological polar surface area (TPSA) is 66.4 Å². The van der Waals surface area contributed by atoms with E-state index < -0.39 is 0 Å². The van der Waals surface area contributed by atoms with Crippen LogP contribution in [0.2, 0.25) is 0 Å². The molecule has 1 amide bonds. The molecule has 4 nitrogen and oxygen atoms in total. The number of hydrogen-bond donors (Lipinski definition) is 2. The lowest BCUT2D eigenvalue weighted by Gasteiger charge is -2.16. The van der Waals surface area contributed by atoms with E-state index in [1.165, 1.54) is 24.0 Å². The lowest BCUT2D eigenvalue weighted by Crippen LogP contribution is -2.24. The highest BCUT2D eigenvalue weighted by atomic mass is 16.2. The summed E-state index contributed by atoms with van der Waals surface area (Å²) in [7, 11) is 0. The maximum atomic E-state index is 12.3. The van der Waals surface area contributed by atoms with E-state index in [-0.39, 0.29) is 31.1 Å². The Morgan fingerprint density at radius 3 is 2.50 bits per heavy atom. The molecule has 1 aromatic rings. The fourth-order valence-electron chi connectivity index (χ4n) is 3.18. The zero-order valence-corrected chi connectivity index (χ0v) is 14.5. The smallest absolute Gasteiger partial charge is 0.220 e. The van der Waals surface area contributed by atoms with E-state index in [4.69, 9.17) is 5.11 Å². The standard InChI is InChI=1S/C20H29NO3/c22-14-6-2-1-5-13-21-20(24)12-11-19(23)18-10-9-16-7-3-4-8-17(16)15-18/h9-10,15,22H,1-8,11-14H2,(H,21,24). The van der Waals surface area contributed by atoms with Gasteiger partial charge in [0.2, 0.25) is 5.91 Å². The van der Waals surface area contributed by atoms with Crippen molar-refractivity contribution in [2.24, 2.45) is 0 Å². The molecule has 24 heavy (non-hydrogen) atoms. The molecule has 0 aromatic heterocycles. The Labute approximate surface area is 144 Å². The summed E-state index contributed by atoms with van der Waals surface area (Å²) < 4.78 is 0. The molecule has 0 aliphatic heterocycles. The molecule has 1 aliphatic rings. The fourth-order valence-corrected chi connectivity index (χ4v) is 3.18. The zero-order chi connectivity index (χ0) is 17.2. The first-order valence-corrected chi connectivity index (χ1v) is 9.23. The Hall–Kier alpha value is -1.68. The van der Waals surface area contributed by atoms with E-state index in [1.807, 2.05) is 12.1 Å². The molecule has 132 valence electrons. The normalized spacial score (nSPS) is 13.4. The highest BCUT2D eigenvalue weighted by molar-refractivity contribution is 5.98. The molecule has 0 saturated heterocycles. The van der Waals surface area contributed by atoms with Gasteiger partial charge < -0.3 is 10.4 Å². The van der Waals surface area contributed by atoms with Crippen LogP contribution in [0, 0.1) is 0 Å². The Morgan fingerprint density at radius 2 is 1.71 bits per heavy atom. The molecule has 0 fully saturated rings. The highest BCUT2D eigenvalue weighted by Gasteiger charge is 2.13. The molecule has 2 N–H and O–H groups in total. The first-order valence-electron chi connectivity index (χ1n) is 9.23. The van der Waals surface area contributed by atoms with Gasteiger partial charge in [-0.25, -0.2) is 0 Å². The fraction of sp³-hybridized carbons (Fsp3) is 0.600. The van der Waals surface area contributed by atoms with Gasteiger partial charge in [-0.1, -0.05) is 25.0 Å². The number of aryl methyl sites for hydroxylation is 2. The number of hydrogen-bond acceptors (Lipinski definition) is 3. The number of nitrogens with one attached hydrogen (secondary N) is 1. The SMILES string of the molecule is O=C(CCC(=O)c1ccc2c(c1)CCCC2)NCCCCCCO. The maximum absolute atomic E-state index is 12.3. The predicted molar refractivity (Wildman–Crippen MR) is 95.2 cm³/mol. The van der Waals surface area contributed by atoms with Crippen LogP contribution >= 0.6 is 0 Å². The predicted octanol–water partition coefficient (Wildman–Crippen LogP) is 3.20. The molecule has 0 atom stereocenters. The molecular formula is C20H29NO3. The number of amides is 1. The van der Waals surface area contributed by atoms with Crippen molar-refractivity contribution in [1.29, 1.82) is 0 Å². The first-order chi connectivity index (χ1) is 11.7. The Bertz CT molecular complexity index is 554. The number of ketones is 1. The second-order valence-corrected chi connectivity index (χ2v) is 6.60. The largest absolute Gasteiger partial charge is 0.396 e. The van der Waals surface area contributed by atoms with Crippen LogP contribution in [0.1, 0.15) is 72.9 Å². The Balaban J connectivity index is 1.68. The Morgan fingerprint density at radius 1 is 0.958 bits per heavy atom. The van der Waals surface area contributed by atoms with E-state index in [0.717, 1.165) is 44.1 Å². The van der Waals surface area contributed by atoms with Gasteiger partial charge in [0.1, 0.15) is 0 Å². The molecular weight excluding hydrogens is 302 g/mol. The number of fused-ring (bicyclic) bond motifs is 1. The van der Waals surface area contributed by atoms with Gasteiger partial charge >= 0.3 is 0 Å². The summed E-state index contributed by atoms with van der Waals surface area (Å²) in [5.41, 5.74) is 3.42. The van der Waals surface area contributed by atoms with Gasteiger partial charge in [-0.15, -0.1) is 0 Å². The molecule has 2 rings (SSSR count). The number of aliphatic hydroxyl groups is 1. The van der Waals surface area contributed by atoms with E-state index in [0.29, 0.717) is 6.54 Å². The van der Waals surface area contributed by atoms with Crippen molar-refractivity contribution in [3.8, 4) is 0 Å². The molecule has 0 spiro atoms. The van der Waals surface area contributed by atoms with Crippen LogP contribution < -0.4 is 5.32 Å². The third-order valence-corrected chi connectivity index (χ3v) is 4.66. The maximum Gasteiger partial charge on any atom is 0.220 e. The van der Waals surface area contributed by atoms with Crippen LogP contribution in [0.15, 0.2) is 18.2 Å². The minimum atomic E-state index is -0.0523. The molecule has 0 radical (unpaired) electrons. The van der Waals surface area contributed by atoms with Gasteiger partial charge in [-0.2, -0.15) is 0 Å². The lowest BCUT2D eigenvalue weighted by atomic mass is 9.89. The Kier molecular flexibility index (Phi) is 7.96. The summed E-state index contributed by atoms with van der Waals surface area (Å²) in [6.07, 6.45) is 8.89. The van der Waals surface area contributed by atoms with Crippen LogP contribution in [0.5, 0.6) is 0 Å². The number of aliphatic hydroxyl groups excluding tert-OH is 1. The van der Waals surface area contributed by atoms with Gasteiger partial charge in [-0.05, 0) is 55.7 Å². The van der Waals surface area contributed by atoms with Crippen LogP contribution in [0.3, 0.4) is 0 Å². The van der Waals surface area contributed by atoms with E-state index in [1.54, 1.807) is 0 Å². The number of benzene rings is 1. The van der Waals surface area contributed by atoms with E-state index >= 15 is 0 Å². The highest BCUT2D eigenvalue weighted by Crippen LogP contribution is 2.22. The molecule has 0 unspecified atom stereocenters. The van der Waals surface area contributed by atoms with Crippen LogP contribution in [0.4, 0.5) is 0 Å². The molecule has 0 saturated carbocycles. The lowest BCUT2D eigenvalue weighted by molar-refractivity contribution is -0.121. The molecule has 0 bridgehead atoms. The zero-order valence-electron chi connectivity index (χ0n) is 14.5. The minimum Gasteiger partial charge on any atom is -0.396 e. The molecule has 1 aliphatic carbocycles. The summed E-state index contributed by atoms with van der Waals surface area (Å²) >= 11 is 0. The number of carbonyl (C=O) groups is 2. The molecule has 4 heteroatoms. The quantitative estimate of drug-likeness (QED) is 0.511. The first kappa shape index (κ1) is 18.7. The van der Waals surface area contributed by atoms with Crippen molar-refractivity contribution >= 4 is 11.7 Å². The van der Waals surface area contributed by atoms with Gasteiger partial charge in [0, 0.05) is 31.6 Å². The number of Topliss-reactive ketones (excluding diaryl/α,β-unsaturated/α-hetero) is 1. The van der Waals surface area contributed by atoms with Gasteiger partial charge in [-0.3, -0.25) is 9.59 Å². The van der Waals surface area contributed by atoms with Crippen LogP contribution in [-0.2, 0) is 17.6 Å². The summed E-state index contributed by atoms with van der Waals surface area (Å²) in [5, 5.41) is 11.6. The van der Waals surface area contributed by atoms with Crippen LogP contribution in [-0.4, -0.2) is 29.9 Å². The summed E-state index contributed by atoms with van der Waals surface area (Å²) in [6, 6.07) is 6.01. The van der Waals surface area contributed by atoms with E-state index in [9.17, 15) is 9.59 Å². The second kappa shape index (κ2) is 10.2. The van der Waals surface area contributed by atoms with Gasteiger partial charge in [0.15, 0.2) is 5.78 Å². The monoisotopic (exact) mass is 331 g/mol. The third-order valence-electron chi connectivity index (χ3n) is 4.66. The minimum absolute atomic E-state index is 0.0523. The van der Waals surface area contributed by atoms with Gasteiger partial charge in [0.05, 0.1) is 0 Å². The molecule has 1 aromatic carbocycles. The van der Waals surface area contributed by atoms with Crippen molar-refractivity contribution in [2.75, 3.05) is 13.2 Å². The van der Waals surface area contributed by atoms with E-state index in [2.05, 4.69) is 11.4 Å². The number of unbranched alkanes of at least 4 members (excludes halogenated alkanes) is 3.